The molecule has 3 amide bonds. The van der Waals surface area contributed by atoms with Crippen LogP contribution in [0.25, 0.3) is 6.08 Å². The first-order valence-corrected chi connectivity index (χ1v) is 14.9. The lowest BCUT2D eigenvalue weighted by molar-refractivity contribution is -0.115. The summed E-state index contributed by atoms with van der Waals surface area (Å²) >= 11 is 20.1. The fourth-order valence-corrected chi connectivity index (χ4v) is 5.43. The molecule has 4 rings (SSSR count). The summed E-state index contributed by atoms with van der Waals surface area (Å²) in [6, 6.07) is 25.4. The van der Waals surface area contributed by atoms with Crippen LogP contribution >= 0.6 is 46.6 Å². The number of anilines is 2. The van der Waals surface area contributed by atoms with Crippen LogP contribution in [-0.4, -0.2) is 30.1 Å². The molecule has 7 nitrogen and oxygen atoms in total. The Morgan fingerprint density at radius 3 is 2.07 bits per heavy atom. The highest BCUT2D eigenvalue weighted by Gasteiger charge is 2.18. The van der Waals surface area contributed by atoms with Gasteiger partial charge in [0.2, 0.25) is 5.91 Å². The molecule has 0 aliphatic heterocycles. The van der Waals surface area contributed by atoms with Gasteiger partial charge in [0.15, 0.2) is 0 Å². The van der Waals surface area contributed by atoms with E-state index in [0.717, 1.165) is 4.90 Å². The number of carbonyl (C=O) groups excluding carboxylic acids is 3. The van der Waals surface area contributed by atoms with Crippen molar-refractivity contribution >= 4 is 81.7 Å². The van der Waals surface area contributed by atoms with Crippen LogP contribution in [0.3, 0.4) is 0 Å². The number of hydrogen-bond donors (Lipinski definition) is 3. The van der Waals surface area contributed by atoms with Crippen molar-refractivity contribution in [1.82, 2.24) is 5.32 Å². The average molecular weight is 655 g/mol. The first kappa shape index (κ1) is 32.0. The fourth-order valence-electron chi connectivity index (χ4n) is 3.80. The van der Waals surface area contributed by atoms with E-state index in [-0.39, 0.29) is 11.6 Å². The highest BCUT2D eigenvalue weighted by molar-refractivity contribution is 8.00. The largest absolute Gasteiger partial charge is 0.495 e. The Morgan fingerprint density at radius 1 is 0.791 bits per heavy atom. The molecule has 0 aliphatic rings. The zero-order chi connectivity index (χ0) is 30.9. The van der Waals surface area contributed by atoms with E-state index in [0.29, 0.717) is 43.3 Å². The molecule has 1 unspecified atom stereocenters. The van der Waals surface area contributed by atoms with Gasteiger partial charge in [-0.15, -0.1) is 11.8 Å². The predicted molar refractivity (Wildman–Crippen MR) is 175 cm³/mol. The van der Waals surface area contributed by atoms with Gasteiger partial charge in [-0.05, 0) is 79.7 Å². The third-order valence-electron chi connectivity index (χ3n) is 6.03. The number of ether oxygens (including phenoxy) is 1. The topological polar surface area (TPSA) is 96.5 Å². The molecule has 220 valence electrons. The molecule has 0 bridgehead atoms. The minimum absolute atomic E-state index is 0.0498. The second-order valence-corrected chi connectivity index (χ2v) is 11.7. The fraction of sp³-hybridized carbons (Fsp3) is 0.0938. The smallest absolute Gasteiger partial charge is 0.272 e. The second kappa shape index (κ2) is 15.0. The maximum atomic E-state index is 13.3. The van der Waals surface area contributed by atoms with Gasteiger partial charge in [0.25, 0.3) is 11.8 Å². The van der Waals surface area contributed by atoms with Gasteiger partial charge in [0, 0.05) is 37.4 Å². The molecule has 0 saturated carbocycles. The summed E-state index contributed by atoms with van der Waals surface area (Å²) in [5.41, 5.74) is 1.75. The first-order valence-electron chi connectivity index (χ1n) is 12.9. The predicted octanol–water partition coefficient (Wildman–Crippen LogP) is 8.18. The van der Waals surface area contributed by atoms with Crippen molar-refractivity contribution in [3.63, 3.8) is 0 Å². The van der Waals surface area contributed by atoms with E-state index in [1.807, 2.05) is 0 Å². The third-order valence-corrected chi connectivity index (χ3v) is 8.10. The SMILES string of the molecule is COc1ccc(NC(=O)C(C)Sc2ccc(NC(=O)/C(=C/c3c(Cl)cccc3Cl)NC(=O)c3ccccc3)cc2)cc1Cl. The van der Waals surface area contributed by atoms with E-state index >= 15 is 0 Å². The number of carbonyl (C=O) groups is 3. The molecule has 11 heteroatoms. The molecule has 3 N–H and O–H groups in total. The molecule has 0 heterocycles. The summed E-state index contributed by atoms with van der Waals surface area (Å²) in [5.74, 6) is -0.735. The normalized spacial score (nSPS) is 11.8. The van der Waals surface area contributed by atoms with Crippen molar-refractivity contribution < 1.29 is 19.1 Å². The molecule has 4 aromatic rings. The monoisotopic (exact) mass is 653 g/mol. The summed E-state index contributed by atoms with van der Waals surface area (Å²) in [6.45, 7) is 1.78. The van der Waals surface area contributed by atoms with Crippen molar-refractivity contribution in [1.29, 1.82) is 0 Å². The van der Waals surface area contributed by atoms with Crippen molar-refractivity contribution in [3.05, 3.63) is 123 Å². The Labute approximate surface area is 268 Å². The van der Waals surface area contributed by atoms with Crippen LogP contribution in [0.2, 0.25) is 15.1 Å². The quantitative estimate of drug-likeness (QED) is 0.118. The number of amides is 3. The summed E-state index contributed by atoms with van der Waals surface area (Å²) < 4.78 is 5.14. The summed E-state index contributed by atoms with van der Waals surface area (Å²) in [4.78, 5) is 39.8. The molecule has 0 aromatic heterocycles. The highest BCUT2D eigenvalue weighted by atomic mass is 35.5. The van der Waals surface area contributed by atoms with E-state index in [2.05, 4.69) is 16.0 Å². The molecule has 0 aliphatic carbocycles. The van der Waals surface area contributed by atoms with Crippen LogP contribution in [0.1, 0.15) is 22.8 Å². The minimum atomic E-state index is -0.577. The summed E-state index contributed by atoms with van der Waals surface area (Å²) in [6.07, 6.45) is 1.43. The van der Waals surface area contributed by atoms with Gasteiger partial charge >= 0.3 is 0 Å². The van der Waals surface area contributed by atoms with Crippen LogP contribution in [-0.2, 0) is 9.59 Å². The standard InChI is InChI=1S/C32H26Cl3N3O4S/c1-19(30(39)37-22-13-16-29(42-2)27(35)17-22)43-23-14-11-21(12-15-23)36-32(41)28(18-24-25(33)9-6-10-26(24)34)38-31(40)20-7-4-3-5-8-20/h3-19H,1-2H3,(H,36,41)(H,37,39)(H,38,40)/b28-18-. The average Bonchev–Trinajstić information content (AvgIpc) is 2.99. The Morgan fingerprint density at radius 2 is 1.44 bits per heavy atom. The van der Waals surface area contributed by atoms with Crippen molar-refractivity contribution in [2.75, 3.05) is 17.7 Å². The van der Waals surface area contributed by atoms with Crippen LogP contribution in [0, 0.1) is 0 Å². The van der Waals surface area contributed by atoms with Gasteiger partial charge in [-0.2, -0.15) is 0 Å². The maximum absolute atomic E-state index is 13.3. The lowest BCUT2D eigenvalue weighted by Gasteiger charge is -2.14. The third kappa shape index (κ3) is 8.78. The molecule has 0 spiro atoms. The molecular weight excluding hydrogens is 629 g/mol. The van der Waals surface area contributed by atoms with E-state index in [9.17, 15) is 14.4 Å². The van der Waals surface area contributed by atoms with Gasteiger partial charge in [0.1, 0.15) is 11.4 Å². The molecule has 0 fully saturated rings. The van der Waals surface area contributed by atoms with Crippen molar-refractivity contribution in [3.8, 4) is 5.75 Å². The van der Waals surface area contributed by atoms with E-state index in [4.69, 9.17) is 39.5 Å². The van der Waals surface area contributed by atoms with Gasteiger partial charge in [-0.1, -0.05) is 59.1 Å². The number of rotatable bonds is 10. The Balaban J connectivity index is 1.45. The summed E-state index contributed by atoms with van der Waals surface area (Å²) in [5, 5.41) is 8.91. The maximum Gasteiger partial charge on any atom is 0.272 e. The van der Waals surface area contributed by atoms with E-state index in [1.54, 1.807) is 97.9 Å². The van der Waals surface area contributed by atoms with E-state index in [1.165, 1.54) is 24.9 Å². The van der Waals surface area contributed by atoms with Crippen molar-refractivity contribution in [2.45, 2.75) is 17.1 Å². The van der Waals surface area contributed by atoms with E-state index < -0.39 is 17.1 Å². The Bertz CT molecular complexity index is 1640. The second-order valence-electron chi connectivity index (χ2n) is 9.09. The lowest BCUT2D eigenvalue weighted by Crippen LogP contribution is -2.30. The molecule has 43 heavy (non-hydrogen) atoms. The van der Waals surface area contributed by atoms with Crippen LogP contribution in [0.15, 0.2) is 102 Å². The van der Waals surface area contributed by atoms with Gasteiger partial charge < -0.3 is 20.7 Å². The molecular formula is C32H26Cl3N3O4S. The van der Waals surface area contributed by atoms with Crippen LogP contribution in [0.5, 0.6) is 5.75 Å². The molecule has 1 atom stereocenters. The number of benzene rings is 4. The van der Waals surface area contributed by atoms with Gasteiger partial charge in [-0.3, -0.25) is 14.4 Å². The van der Waals surface area contributed by atoms with Gasteiger partial charge in [-0.25, -0.2) is 0 Å². The summed E-state index contributed by atoms with van der Waals surface area (Å²) in [7, 11) is 1.52. The lowest BCUT2D eigenvalue weighted by atomic mass is 10.1. The zero-order valence-electron chi connectivity index (χ0n) is 23.0. The van der Waals surface area contributed by atoms with Crippen molar-refractivity contribution in [2.24, 2.45) is 0 Å². The number of methoxy groups -OCH3 is 1. The molecule has 0 radical (unpaired) electrons. The Hall–Kier alpha value is -3.95. The molecule has 4 aromatic carbocycles. The Kier molecular flexibility index (Phi) is 11.1. The first-order chi connectivity index (χ1) is 20.6. The number of halogens is 3. The minimum Gasteiger partial charge on any atom is -0.495 e. The van der Waals surface area contributed by atoms with Gasteiger partial charge in [0.05, 0.1) is 17.4 Å². The molecule has 0 saturated heterocycles. The zero-order valence-corrected chi connectivity index (χ0v) is 26.1. The van der Waals surface area contributed by atoms with Crippen LogP contribution in [0.4, 0.5) is 11.4 Å². The highest BCUT2D eigenvalue weighted by Crippen LogP contribution is 2.30. The van der Waals surface area contributed by atoms with Crippen LogP contribution < -0.4 is 20.7 Å². The number of thioether (sulfide) groups is 1. The number of nitrogens with one attached hydrogen (secondary N) is 3. The number of hydrogen-bond acceptors (Lipinski definition) is 5.